The average Bonchev–Trinajstić information content (AvgIpc) is 1.94. The molecule has 1 heteroatoms. The summed E-state index contributed by atoms with van der Waals surface area (Å²) in [5.74, 6) is 0. The van der Waals surface area contributed by atoms with E-state index in [1.54, 1.807) is 0 Å². The Morgan fingerprint density at radius 2 is 1.62 bits per heavy atom. The van der Waals surface area contributed by atoms with E-state index in [9.17, 15) is 0 Å². The summed E-state index contributed by atoms with van der Waals surface area (Å²) < 4.78 is 0. The molecule has 1 aromatic rings. The van der Waals surface area contributed by atoms with E-state index in [1.165, 1.54) is 16.8 Å². The van der Waals surface area contributed by atoms with Crippen molar-refractivity contribution in [2.45, 2.75) is 40.2 Å². The zero-order chi connectivity index (χ0) is 10.1. The zero-order valence-corrected chi connectivity index (χ0v) is 9.23. The van der Waals surface area contributed by atoms with Gasteiger partial charge in [-0.15, -0.1) is 0 Å². The topological polar surface area (TPSA) is 12.0 Å². The summed E-state index contributed by atoms with van der Waals surface area (Å²) in [4.78, 5) is 0. The molecule has 0 amide bonds. The van der Waals surface area contributed by atoms with Crippen LogP contribution in [0.5, 0.6) is 0 Å². The molecule has 0 aliphatic carbocycles. The van der Waals surface area contributed by atoms with Gasteiger partial charge in [0.25, 0.3) is 0 Å². The smallest absolute Gasteiger partial charge is 0.0346 e. The number of anilines is 1. The van der Waals surface area contributed by atoms with Crippen molar-refractivity contribution < 1.29 is 0 Å². The molecule has 1 N–H and O–H groups in total. The highest BCUT2D eigenvalue weighted by atomic mass is 14.9. The van der Waals surface area contributed by atoms with E-state index in [0.29, 0.717) is 0 Å². The van der Waals surface area contributed by atoms with Crippen LogP contribution in [0.15, 0.2) is 18.2 Å². The molecule has 0 spiro atoms. The number of hydrogen-bond donors (Lipinski definition) is 1. The fourth-order valence-corrected chi connectivity index (χ4v) is 1.25. The van der Waals surface area contributed by atoms with E-state index in [1.807, 2.05) is 0 Å². The van der Waals surface area contributed by atoms with Crippen molar-refractivity contribution in [3.63, 3.8) is 0 Å². The van der Waals surface area contributed by atoms with Crippen LogP contribution >= 0.6 is 0 Å². The third-order valence-electron chi connectivity index (χ3n) is 2.03. The monoisotopic (exact) mass is 177 g/mol. The lowest BCUT2D eigenvalue weighted by Crippen LogP contribution is -2.25. The molecule has 0 aliphatic heterocycles. The molecule has 0 bridgehead atoms. The van der Waals surface area contributed by atoms with Crippen LogP contribution in [0, 0.1) is 13.8 Å². The molecular weight excluding hydrogens is 158 g/mol. The Morgan fingerprint density at radius 1 is 1.00 bits per heavy atom. The molecule has 1 aromatic carbocycles. The van der Waals surface area contributed by atoms with Crippen molar-refractivity contribution in [1.82, 2.24) is 0 Å². The van der Waals surface area contributed by atoms with Gasteiger partial charge in [0.1, 0.15) is 0 Å². The second-order valence-corrected chi connectivity index (χ2v) is 4.67. The van der Waals surface area contributed by atoms with Crippen molar-refractivity contribution in [2.75, 3.05) is 5.32 Å². The Kier molecular flexibility index (Phi) is 2.65. The molecule has 0 saturated heterocycles. The average molecular weight is 177 g/mol. The van der Waals surface area contributed by atoms with E-state index in [2.05, 4.69) is 58.1 Å². The maximum absolute atomic E-state index is 3.45. The SMILES string of the molecule is Cc1ccc(NC(C)(C)C)cc1C. The van der Waals surface area contributed by atoms with Crippen molar-refractivity contribution in [3.8, 4) is 0 Å². The van der Waals surface area contributed by atoms with Gasteiger partial charge in [0.05, 0.1) is 0 Å². The Hall–Kier alpha value is -0.980. The number of benzene rings is 1. The van der Waals surface area contributed by atoms with Gasteiger partial charge in [0.2, 0.25) is 0 Å². The van der Waals surface area contributed by atoms with Crippen LogP contribution < -0.4 is 5.32 Å². The van der Waals surface area contributed by atoms with Crippen molar-refractivity contribution in [3.05, 3.63) is 29.3 Å². The number of aryl methyl sites for hydroxylation is 2. The van der Waals surface area contributed by atoms with E-state index < -0.39 is 0 Å². The van der Waals surface area contributed by atoms with Crippen LogP contribution in [0.2, 0.25) is 0 Å². The maximum atomic E-state index is 3.45. The van der Waals surface area contributed by atoms with Crippen molar-refractivity contribution in [2.24, 2.45) is 0 Å². The van der Waals surface area contributed by atoms with E-state index in [4.69, 9.17) is 0 Å². The lowest BCUT2D eigenvalue weighted by molar-refractivity contribution is 0.634. The summed E-state index contributed by atoms with van der Waals surface area (Å²) >= 11 is 0. The standard InChI is InChI=1S/C12H19N/c1-9-6-7-11(8-10(9)2)13-12(3,4)5/h6-8,13H,1-5H3. The third kappa shape index (κ3) is 3.10. The van der Waals surface area contributed by atoms with Crippen LogP contribution in [-0.4, -0.2) is 5.54 Å². The fraction of sp³-hybridized carbons (Fsp3) is 0.500. The molecular formula is C12H19N. The molecule has 0 fully saturated rings. The van der Waals surface area contributed by atoms with Gasteiger partial charge < -0.3 is 5.32 Å². The highest BCUT2D eigenvalue weighted by Crippen LogP contribution is 2.17. The van der Waals surface area contributed by atoms with Crippen LogP contribution in [0.3, 0.4) is 0 Å². The summed E-state index contributed by atoms with van der Waals surface area (Å²) in [6.07, 6.45) is 0. The molecule has 0 atom stereocenters. The molecule has 0 unspecified atom stereocenters. The van der Waals surface area contributed by atoms with Crippen LogP contribution in [0.4, 0.5) is 5.69 Å². The first-order chi connectivity index (χ1) is 5.88. The molecule has 0 radical (unpaired) electrons. The first kappa shape index (κ1) is 10.1. The minimum absolute atomic E-state index is 0.141. The third-order valence-corrected chi connectivity index (χ3v) is 2.03. The minimum atomic E-state index is 0.141. The number of nitrogens with one attached hydrogen (secondary N) is 1. The molecule has 72 valence electrons. The van der Waals surface area contributed by atoms with Gasteiger partial charge in [-0.2, -0.15) is 0 Å². The lowest BCUT2D eigenvalue weighted by Gasteiger charge is -2.22. The predicted octanol–water partition coefficient (Wildman–Crippen LogP) is 3.51. The quantitative estimate of drug-likeness (QED) is 0.692. The Bertz CT molecular complexity index is 294. The first-order valence-electron chi connectivity index (χ1n) is 4.74. The molecule has 0 saturated carbocycles. The summed E-state index contributed by atoms with van der Waals surface area (Å²) in [6.45, 7) is 10.8. The molecule has 1 nitrogen and oxygen atoms in total. The van der Waals surface area contributed by atoms with Crippen LogP contribution in [0.1, 0.15) is 31.9 Å². The molecule has 0 heterocycles. The molecule has 13 heavy (non-hydrogen) atoms. The summed E-state index contributed by atoms with van der Waals surface area (Å²) in [5.41, 5.74) is 4.03. The van der Waals surface area contributed by atoms with E-state index >= 15 is 0 Å². The van der Waals surface area contributed by atoms with Gasteiger partial charge in [-0.3, -0.25) is 0 Å². The second kappa shape index (κ2) is 3.41. The van der Waals surface area contributed by atoms with Crippen LogP contribution in [-0.2, 0) is 0 Å². The molecule has 0 aromatic heterocycles. The summed E-state index contributed by atoms with van der Waals surface area (Å²) in [6, 6.07) is 6.48. The number of hydrogen-bond acceptors (Lipinski definition) is 1. The first-order valence-corrected chi connectivity index (χ1v) is 4.74. The van der Waals surface area contributed by atoms with E-state index in [-0.39, 0.29) is 5.54 Å². The zero-order valence-electron chi connectivity index (χ0n) is 9.23. The van der Waals surface area contributed by atoms with Gasteiger partial charge in [-0.1, -0.05) is 6.07 Å². The Morgan fingerprint density at radius 3 is 2.08 bits per heavy atom. The second-order valence-electron chi connectivity index (χ2n) is 4.67. The van der Waals surface area contributed by atoms with Gasteiger partial charge in [-0.05, 0) is 57.9 Å². The van der Waals surface area contributed by atoms with Crippen molar-refractivity contribution >= 4 is 5.69 Å². The lowest BCUT2D eigenvalue weighted by atomic mass is 10.1. The summed E-state index contributed by atoms with van der Waals surface area (Å²) in [5, 5.41) is 3.45. The summed E-state index contributed by atoms with van der Waals surface area (Å²) in [7, 11) is 0. The Labute approximate surface area is 81.2 Å². The van der Waals surface area contributed by atoms with E-state index in [0.717, 1.165) is 0 Å². The predicted molar refractivity (Wildman–Crippen MR) is 59.3 cm³/mol. The molecule has 0 aliphatic rings. The number of rotatable bonds is 1. The molecule has 1 rings (SSSR count). The highest BCUT2D eigenvalue weighted by molar-refractivity contribution is 5.49. The highest BCUT2D eigenvalue weighted by Gasteiger charge is 2.08. The minimum Gasteiger partial charge on any atom is -0.380 e. The largest absolute Gasteiger partial charge is 0.380 e. The van der Waals surface area contributed by atoms with Gasteiger partial charge in [0, 0.05) is 11.2 Å². The van der Waals surface area contributed by atoms with Crippen LogP contribution in [0.25, 0.3) is 0 Å². The maximum Gasteiger partial charge on any atom is 0.0346 e. The Balaban J connectivity index is 2.86. The van der Waals surface area contributed by atoms with Crippen molar-refractivity contribution in [1.29, 1.82) is 0 Å². The van der Waals surface area contributed by atoms with Gasteiger partial charge in [-0.25, -0.2) is 0 Å². The van der Waals surface area contributed by atoms with Gasteiger partial charge in [0.15, 0.2) is 0 Å². The normalized spacial score (nSPS) is 11.5. The van der Waals surface area contributed by atoms with Gasteiger partial charge >= 0.3 is 0 Å². The fourth-order valence-electron chi connectivity index (χ4n) is 1.25.